The van der Waals surface area contributed by atoms with Crippen LogP contribution in [0.3, 0.4) is 0 Å². The Bertz CT molecular complexity index is 215. The summed E-state index contributed by atoms with van der Waals surface area (Å²) in [4.78, 5) is 20.1. The largest absolute Gasteiger partial charge is 0.303 e. The molecule has 0 aromatic rings. The molecule has 0 radical (unpaired) electrons. The zero-order valence-corrected chi connectivity index (χ0v) is 12.0. The SMILES string of the molecule is CC(C)CC=O.CCCCC=C(C=O)C(C)C. The summed E-state index contributed by atoms with van der Waals surface area (Å²) in [5.41, 5.74) is 0.943. The highest BCUT2D eigenvalue weighted by Gasteiger charge is 1.99. The van der Waals surface area contributed by atoms with Crippen LogP contribution in [0.4, 0.5) is 0 Å². The molecule has 0 aliphatic carbocycles. The summed E-state index contributed by atoms with van der Waals surface area (Å²) in [6, 6.07) is 0. The van der Waals surface area contributed by atoms with Gasteiger partial charge in [0.05, 0.1) is 0 Å². The molecule has 0 N–H and O–H groups in total. The summed E-state index contributed by atoms with van der Waals surface area (Å²) in [5, 5.41) is 0. The van der Waals surface area contributed by atoms with Crippen LogP contribution in [0.5, 0.6) is 0 Å². The van der Waals surface area contributed by atoms with Gasteiger partial charge in [-0.2, -0.15) is 0 Å². The molecule has 100 valence electrons. The molecule has 0 aromatic carbocycles. The van der Waals surface area contributed by atoms with Crippen molar-refractivity contribution in [3.63, 3.8) is 0 Å². The van der Waals surface area contributed by atoms with Crippen LogP contribution in [0.25, 0.3) is 0 Å². The van der Waals surface area contributed by atoms with E-state index < -0.39 is 0 Å². The lowest BCUT2D eigenvalue weighted by atomic mass is 10.0. The molecule has 0 rings (SSSR count). The predicted molar refractivity (Wildman–Crippen MR) is 74.0 cm³/mol. The fourth-order valence-corrected chi connectivity index (χ4v) is 1.09. The van der Waals surface area contributed by atoms with E-state index in [1.54, 1.807) is 0 Å². The third-order valence-electron chi connectivity index (χ3n) is 2.31. The van der Waals surface area contributed by atoms with Crippen molar-refractivity contribution < 1.29 is 9.59 Å². The number of aldehydes is 2. The number of carbonyl (C=O) groups is 2. The van der Waals surface area contributed by atoms with E-state index in [9.17, 15) is 9.59 Å². The van der Waals surface area contributed by atoms with E-state index in [1.165, 1.54) is 12.8 Å². The van der Waals surface area contributed by atoms with Crippen LogP contribution in [0, 0.1) is 11.8 Å². The maximum atomic E-state index is 10.5. The smallest absolute Gasteiger partial charge is 0.145 e. The van der Waals surface area contributed by atoms with Crippen molar-refractivity contribution in [1.82, 2.24) is 0 Å². The van der Waals surface area contributed by atoms with E-state index in [1.807, 2.05) is 27.7 Å². The van der Waals surface area contributed by atoms with Crippen molar-refractivity contribution in [3.05, 3.63) is 11.6 Å². The molecule has 0 fully saturated rings. The van der Waals surface area contributed by atoms with Crippen LogP contribution in [-0.2, 0) is 9.59 Å². The van der Waals surface area contributed by atoms with Crippen molar-refractivity contribution >= 4 is 12.6 Å². The van der Waals surface area contributed by atoms with Crippen LogP contribution >= 0.6 is 0 Å². The molecule has 0 bridgehead atoms. The molecule has 0 atom stereocenters. The number of hydrogen-bond acceptors (Lipinski definition) is 2. The summed E-state index contributed by atoms with van der Waals surface area (Å²) in [7, 11) is 0. The van der Waals surface area contributed by atoms with Gasteiger partial charge < -0.3 is 4.79 Å². The highest BCUT2D eigenvalue weighted by atomic mass is 16.1. The van der Waals surface area contributed by atoms with E-state index >= 15 is 0 Å². The Kier molecular flexibility index (Phi) is 14.3. The Hall–Kier alpha value is -0.920. The molecule has 0 aliphatic rings. The lowest BCUT2D eigenvalue weighted by Crippen LogP contribution is -1.94. The maximum Gasteiger partial charge on any atom is 0.145 e. The minimum absolute atomic E-state index is 0.379. The third-order valence-corrected chi connectivity index (χ3v) is 2.31. The van der Waals surface area contributed by atoms with Gasteiger partial charge in [-0.15, -0.1) is 0 Å². The van der Waals surface area contributed by atoms with Gasteiger partial charge in [-0.05, 0) is 23.8 Å². The van der Waals surface area contributed by atoms with E-state index in [0.29, 0.717) is 18.3 Å². The molecular formula is C15H28O2. The lowest BCUT2D eigenvalue weighted by molar-refractivity contribution is -0.108. The molecule has 0 aliphatic heterocycles. The predicted octanol–water partition coefficient (Wildman–Crippen LogP) is 4.19. The Balaban J connectivity index is 0. The molecule has 0 aromatic heterocycles. The first-order valence-electron chi connectivity index (χ1n) is 6.58. The summed E-state index contributed by atoms with van der Waals surface area (Å²) in [6.45, 7) is 10.3. The van der Waals surface area contributed by atoms with Crippen LogP contribution < -0.4 is 0 Å². The zero-order chi connectivity index (χ0) is 13.7. The molecule has 2 heteroatoms. The highest BCUT2D eigenvalue weighted by Crippen LogP contribution is 2.08. The second-order valence-electron chi connectivity index (χ2n) is 4.92. The van der Waals surface area contributed by atoms with Gasteiger partial charge in [0.25, 0.3) is 0 Å². The molecule has 0 spiro atoms. The van der Waals surface area contributed by atoms with Gasteiger partial charge in [-0.1, -0.05) is 53.5 Å². The molecule has 0 heterocycles. The van der Waals surface area contributed by atoms with E-state index in [0.717, 1.165) is 24.6 Å². The van der Waals surface area contributed by atoms with Crippen molar-refractivity contribution in [2.45, 2.75) is 60.3 Å². The van der Waals surface area contributed by atoms with Crippen LogP contribution in [0.2, 0.25) is 0 Å². The lowest BCUT2D eigenvalue weighted by Gasteiger charge is -2.02. The third kappa shape index (κ3) is 15.1. The van der Waals surface area contributed by atoms with E-state index in [2.05, 4.69) is 13.0 Å². The molecule has 0 unspecified atom stereocenters. The number of allylic oxidation sites excluding steroid dienone is 2. The van der Waals surface area contributed by atoms with Crippen molar-refractivity contribution in [1.29, 1.82) is 0 Å². The molecule has 0 saturated carbocycles. The highest BCUT2D eigenvalue weighted by molar-refractivity contribution is 5.73. The van der Waals surface area contributed by atoms with Crippen LogP contribution in [0.1, 0.15) is 60.3 Å². The van der Waals surface area contributed by atoms with Crippen LogP contribution in [0.15, 0.2) is 11.6 Å². The summed E-state index contributed by atoms with van der Waals surface area (Å²) < 4.78 is 0. The van der Waals surface area contributed by atoms with Gasteiger partial charge >= 0.3 is 0 Å². The van der Waals surface area contributed by atoms with Gasteiger partial charge in [0, 0.05) is 6.42 Å². The summed E-state index contributed by atoms with van der Waals surface area (Å²) in [5.74, 6) is 0.909. The Labute approximate surface area is 106 Å². The Morgan fingerprint density at radius 1 is 1.12 bits per heavy atom. The molecular weight excluding hydrogens is 212 g/mol. The minimum Gasteiger partial charge on any atom is -0.303 e. The summed E-state index contributed by atoms with van der Waals surface area (Å²) >= 11 is 0. The quantitative estimate of drug-likeness (QED) is 0.380. The van der Waals surface area contributed by atoms with Crippen LogP contribution in [-0.4, -0.2) is 12.6 Å². The Morgan fingerprint density at radius 2 is 1.71 bits per heavy atom. The molecule has 0 amide bonds. The normalized spacial score (nSPS) is 11.1. The van der Waals surface area contributed by atoms with Gasteiger partial charge in [0.15, 0.2) is 0 Å². The second kappa shape index (κ2) is 13.1. The number of unbranched alkanes of at least 4 members (excludes halogenated alkanes) is 2. The molecule has 2 nitrogen and oxygen atoms in total. The Morgan fingerprint density at radius 3 is 1.94 bits per heavy atom. The topological polar surface area (TPSA) is 34.1 Å². The maximum absolute atomic E-state index is 10.5. The van der Waals surface area contributed by atoms with E-state index in [4.69, 9.17) is 0 Å². The van der Waals surface area contributed by atoms with Gasteiger partial charge in [-0.3, -0.25) is 4.79 Å². The standard InChI is InChI=1S/C10H18O.C5H10O/c1-4-5-6-7-10(8-11)9(2)3;1-5(2)3-4-6/h7-9H,4-6H2,1-3H3;4-5H,3H2,1-2H3. The van der Waals surface area contributed by atoms with Gasteiger partial charge in [0.1, 0.15) is 12.6 Å². The fourth-order valence-electron chi connectivity index (χ4n) is 1.09. The average molecular weight is 240 g/mol. The number of hydrogen-bond donors (Lipinski definition) is 0. The zero-order valence-electron chi connectivity index (χ0n) is 12.0. The van der Waals surface area contributed by atoms with Crippen molar-refractivity contribution in [3.8, 4) is 0 Å². The summed E-state index contributed by atoms with van der Waals surface area (Å²) in [6.07, 6.45) is 8.10. The first-order valence-corrected chi connectivity index (χ1v) is 6.58. The van der Waals surface area contributed by atoms with Crippen molar-refractivity contribution in [2.24, 2.45) is 11.8 Å². The first-order chi connectivity index (χ1) is 7.99. The van der Waals surface area contributed by atoms with Gasteiger partial charge in [0.2, 0.25) is 0 Å². The molecule has 0 saturated heterocycles. The number of rotatable bonds is 7. The average Bonchev–Trinajstić information content (AvgIpc) is 2.24. The minimum atomic E-state index is 0.379. The monoisotopic (exact) mass is 240 g/mol. The number of carbonyl (C=O) groups excluding carboxylic acids is 2. The first kappa shape index (κ1) is 18.4. The second-order valence-corrected chi connectivity index (χ2v) is 4.92. The van der Waals surface area contributed by atoms with Gasteiger partial charge in [-0.25, -0.2) is 0 Å². The fraction of sp³-hybridized carbons (Fsp3) is 0.733. The molecule has 17 heavy (non-hydrogen) atoms. The van der Waals surface area contributed by atoms with E-state index in [-0.39, 0.29) is 0 Å². The van der Waals surface area contributed by atoms with Crippen molar-refractivity contribution in [2.75, 3.05) is 0 Å².